The number of likely N-dealkylation sites (N-methyl/N-ethyl adjacent to an activating group) is 1. The van der Waals surface area contributed by atoms with Crippen LogP contribution in [0.2, 0.25) is 0 Å². The molecule has 0 aliphatic rings. The van der Waals surface area contributed by atoms with Crippen molar-refractivity contribution in [2.24, 2.45) is 0 Å². The molecule has 0 saturated carbocycles. The second-order valence-electron chi connectivity index (χ2n) is 6.57. The zero-order valence-electron chi connectivity index (χ0n) is 14.1. The molecule has 0 unspecified atom stereocenters. The zero-order valence-corrected chi connectivity index (χ0v) is 14.1. The van der Waals surface area contributed by atoms with Gasteiger partial charge in [-0.2, -0.15) is 0 Å². The molecule has 2 rings (SSSR count). The van der Waals surface area contributed by atoms with Gasteiger partial charge in [0.15, 0.2) is 0 Å². The molecule has 0 radical (unpaired) electrons. The summed E-state index contributed by atoms with van der Waals surface area (Å²) < 4.78 is 6.58. The lowest BCUT2D eigenvalue weighted by Gasteiger charge is -2.23. The van der Waals surface area contributed by atoms with Crippen molar-refractivity contribution in [3.05, 3.63) is 65.7 Å². The van der Waals surface area contributed by atoms with Gasteiger partial charge in [-0.05, 0) is 23.8 Å². The Kier molecular flexibility index (Phi) is 5.77. The van der Waals surface area contributed by atoms with Crippen molar-refractivity contribution < 1.29 is 14.0 Å². The van der Waals surface area contributed by atoms with Crippen LogP contribution in [0.4, 0.5) is 0 Å². The van der Waals surface area contributed by atoms with Crippen molar-refractivity contribution in [2.75, 3.05) is 34.2 Å². The highest BCUT2D eigenvalue weighted by atomic mass is 16.5. The minimum Gasteiger partial charge on any atom is -0.489 e. The molecule has 0 bridgehead atoms. The first-order valence-electron chi connectivity index (χ1n) is 7.79. The average molecular weight is 313 g/mol. The predicted octanol–water partition coefficient (Wildman–Crippen LogP) is 2.70. The molecule has 0 aliphatic carbocycles. The number of rotatable bonds is 7. The largest absolute Gasteiger partial charge is 0.489 e. The molecule has 2 aromatic rings. The molecular weight excluding hydrogens is 288 g/mol. The highest BCUT2D eigenvalue weighted by Crippen LogP contribution is 2.15. The molecule has 4 nitrogen and oxygen atoms in total. The number of hydrogen-bond donors (Lipinski definition) is 1. The summed E-state index contributed by atoms with van der Waals surface area (Å²) in [5.74, 6) is 0.636. The van der Waals surface area contributed by atoms with Gasteiger partial charge in [0.2, 0.25) is 0 Å². The number of hydrogen-bond acceptors (Lipinski definition) is 2. The average Bonchev–Trinajstić information content (AvgIpc) is 2.53. The number of carbonyl (C=O) groups excluding carboxylic acids is 1. The number of ether oxygens (including phenoxy) is 1. The van der Waals surface area contributed by atoms with Crippen molar-refractivity contribution >= 4 is 5.91 Å². The minimum absolute atomic E-state index is 0.0661. The van der Waals surface area contributed by atoms with E-state index < -0.39 is 0 Å². The maximum absolute atomic E-state index is 12.2. The van der Waals surface area contributed by atoms with E-state index in [1.807, 2.05) is 42.5 Å². The summed E-state index contributed by atoms with van der Waals surface area (Å²) in [6.07, 6.45) is 0. The van der Waals surface area contributed by atoms with E-state index in [1.165, 1.54) is 0 Å². The molecule has 2 aromatic carbocycles. The third kappa shape index (κ3) is 6.12. The van der Waals surface area contributed by atoms with Crippen molar-refractivity contribution in [3.8, 4) is 5.75 Å². The summed E-state index contributed by atoms with van der Waals surface area (Å²) in [7, 11) is 6.30. The van der Waals surface area contributed by atoms with Gasteiger partial charge < -0.3 is 14.5 Å². The Labute approximate surface area is 138 Å². The van der Waals surface area contributed by atoms with E-state index in [0.717, 1.165) is 16.6 Å². The number of quaternary nitrogens is 1. The Balaban J connectivity index is 1.90. The first kappa shape index (κ1) is 17.0. The summed E-state index contributed by atoms with van der Waals surface area (Å²) in [5, 5.41) is 2.95. The third-order valence-corrected chi connectivity index (χ3v) is 3.41. The van der Waals surface area contributed by atoms with Crippen LogP contribution in [0, 0.1) is 0 Å². The van der Waals surface area contributed by atoms with Crippen LogP contribution < -0.4 is 10.1 Å². The number of nitrogens with zero attached hydrogens (tertiary/aromatic N) is 1. The Hall–Kier alpha value is -2.33. The number of nitrogens with one attached hydrogen (secondary N) is 1. The molecule has 0 heterocycles. The summed E-state index contributed by atoms with van der Waals surface area (Å²) >= 11 is 0. The van der Waals surface area contributed by atoms with E-state index in [2.05, 4.69) is 26.5 Å². The molecule has 122 valence electrons. The maximum atomic E-state index is 12.2. The quantitative estimate of drug-likeness (QED) is 0.798. The van der Waals surface area contributed by atoms with Crippen molar-refractivity contribution in [2.45, 2.75) is 6.61 Å². The number of amides is 1. The van der Waals surface area contributed by atoms with Gasteiger partial charge in [0.25, 0.3) is 5.91 Å². The number of carbonyl (C=O) groups is 1. The van der Waals surface area contributed by atoms with Crippen molar-refractivity contribution in [1.29, 1.82) is 0 Å². The van der Waals surface area contributed by atoms with Crippen LogP contribution in [-0.4, -0.2) is 44.6 Å². The Bertz CT molecular complexity index is 633. The first-order chi connectivity index (χ1) is 10.9. The van der Waals surface area contributed by atoms with Gasteiger partial charge >= 0.3 is 0 Å². The van der Waals surface area contributed by atoms with E-state index in [9.17, 15) is 4.79 Å². The predicted molar refractivity (Wildman–Crippen MR) is 92.4 cm³/mol. The van der Waals surface area contributed by atoms with E-state index in [1.54, 1.807) is 12.1 Å². The lowest BCUT2D eigenvalue weighted by molar-refractivity contribution is -0.869. The standard InChI is InChI=1S/C19H24N2O2/c1-21(2,3)13-12-20-19(22)17-10-7-11-18(14-17)23-15-16-8-5-4-6-9-16/h4-11,14H,12-13,15H2,1-3H3/p+1. The van der Waals surface area contributed by atoms with Crippen LogP contribution in [0.3, 0.4) is 0 Å². The lowest BCUT2D eigenvalue weighted by atomic mass is 10.2. The molecule has 23 heavy (non-hydrogen) atoms. The Morgan fingerprint density at radius 2 is 1.78 bits per heavy atom. The van der Waals surface area contributed by atoms with Crippen LogP contribution in [0.15, 0.2) is 54.6 Å². The molecule has 1 N–H and O–H groups in total. The zero-order chi connectivity index (χ0) is 16.7. The Morgan fingerprint density at radius 1 is 1.04 bits per heavy atom. The molecular formula is C19H25N2O2+. The summed E-state index contributed by atoms with van der Waals surface area (Å²) in [6.45, 7) is 2.03. The normalized spacial score (nSPS) is 11.1. The molecule has 0 aliphatic heterocycles. The first-order valence-corrected chi connectivity index (χ1v) is 7.79. The van der Waals surface area contributed by atoms with Gasteiger partial charge in [-0.1, -0.05) is 36.4 Å². The summed E-state index contributed by atoms with van der Waals surface area (Å²) in [4.78, 5) is 12.2. The topological polar surface area (TPSA) is 38.3 Å². The lowest BCUT2D eigenvalue weighted by Crippen LogP contribution is -2.41. The second-order valence-corrected chi connectivity index (χ2v) is 6.57. The smallest absolute Gasteiger partial charge is 0.251 e. The molecule has 0 aromatic heterocycles. The van der Waals surface area contributed by atoms with Gasteiger partial charge in [-0.15, -0.1) is 0 Å². The van der Waals surface area contributed by atoms with Gasteiger partial charge in [-0.3, -0.25) is 4.79 Å². The van der Waals surface area contributed by atoms with Crippen LogP contribution in [0.1, 0.15) is 15.9 Å². The molecule has 0 saturated heterocycles. The molecule has 0 spiro atoms. The van der Waals surface area contributed by atoms with Gasteiger partial charge in [0.05, 0.1) is 34.2 Å². The van der Waals surface area contributed by atoms with E-state index in [-0.39, 0.29) is 5.91 Å². The van der Waals surface area contributed by atoms with Gasteiger partial charge in [-0.25, -0.2) is 0 Å². The SMILES string of the molecule is C[N+](C)(C)CCNC(=O)c1cccc(OCc2ccccc2)c1. The fraction of sp³-hybridized carbons (Fsp3) is 0.316. The fourth-order valence-electron chi connectivity index (χ4n) is 2.07. The van der Waals surface area contributed by atoms with Crippen LogP contribution in [-0.2, 0) is 6.61 Å². The van der Waals surface area contributed by atoms with Crippen LogP contribution >= 0.6 is 0 Å². The monoisotopic (exact) mass is 313 g/mol. The van der Waals surface area contributed by atoms with Crippen molar-refractivity contribution in [3.63, 3.8) is 0 Å². The summed E-state index contributed by atoms with van der Waals surface area (Å²) in [5.41, 5.74) is 1.72. The fourth-order valence-corrected chi connectivity index (χ4v) is 2.07. The molecule has 0 fully saturated rings. The molecule has 4 heteroatoms. The van der Waals surface area contributed by atoms with Crippen molar-refractivity contribution in [1.82, 2.24) is 5.32 Å². The van der Waals surface area contributed by atoms with Gasteiger partial charge in [0.1, 0.15) is 12.4 Å². The van der Waals surface area contributed by atoms with Crippen LogP contribution in [0.5, 0.6) is 5.75 Å². The maximum Gasteiger partial charge on any atom is 0.251 e. The van der Waals surface area contributed by atoms with E-state index in [0.29, 0.717) is 24.5 Å². The minimum atomic E-state index is -0.0661. The van der Waals surface area contributed by atoms with Gasteiger partial charge in [0, 0.05) is 5.56 Å². The number of benzene rings is 2. The third-order valence-electron chi connectivity index (χ3n) is 3.41. The second kappa shape index (κ2) is 7.79. The highest BCUT2D eigenvalue weighted by Gasteiger charge is 2.10. The van der Waals surface area contributed by atoms with E-state index in [4.69, 9.17) is 4.74 Å². The van der Waals surface area contributed by atoms with E-state index >= 15 is 0 Å². The van der Waals surface area contributed by atoms with Crippen LogP contribution in [0.25, 0.3) is 0 Å². The highest BCUT2D eigenvalue weighted by molar-refractivity contribution is 5.94. The molecule has 1 amide bonds. The summed E-state index contributed by atoms with van der Waals surface area (Å²) in [6, 6.07) is 17.3. The molecule has 0 atom stereocenters. The Morgan fingerprint density at radius 3 is 2.48 bits per heavy atom.